The van der Waals surface area contributed by atoms with Crippen LogP contribution < -0.4 is 0 Å². The molecule has 2 heterocycles. The van der Waals surface area contributed by atoms with Crippen LogP contribution in [0.4, 0.5) is 0 Å². The van der Waals surface area contributed by atoms with Gasteiger partial charge >= 0.3 is 0 Å². The summed E-state index contributed by atoms with van der Waals surface area (Å²) in [6.45, 7) is 8.73. The molecule has 3 nitrogen and oxygen atoms in total. The molecule has 0 unspecified atom stereocenters. The molecular formula is C10H17N3. The minimum absolute atomic E-state index is 0.249. The van der Waals surface area contributed by atoms with Crippen LogP contribution in [0.5, 0.6) is 0 Å². The van der Waals surface area contributed by atoms with E-state index in [4.69, 9.17) is 0 Å². The van der Waals surface area contributed by atoms with Crippen LogP contribution in [0.15, 0.2) is 24.6 Å². The largest absolute Gasteiger partial charge is 0.277 e. The van der Waals surface area contributed by atoms with Crippen LogP contribution in [0.1, 0.15) is 20.8 Å². The Bertz CT molecular complexity index is 229. The van der Waals surface area contributed by atoms with Crippen molar-refractivity contribution in [3.05, 3.63) is 24.6 Å². The van der Waals surface area contributed by atoms with Crippen molar-refractivity contribution >= 4 is 0 Å². The van der Waals surface area contributed by atoms with Crippen LogP contribution in [-0.2, 0) is 0 Å². The molecule has 1 fully saturated rings. The second kappa shape index (κ2) is 2.77. The Hall–Kier alpha value is -0.960. The number of rotatable bonds is 0. The minimum Gasteiger partial charge on any atom is -0.277 e. The first kappa shape index (κ1) is 8.63. The summed E-state index contributed by atoms with van der Waals surface area (Å²) in [4.78, 5) is 2.44. The minimum atomic E-state index is 0.249. The monoisotopic (exact) mass is 179 g/mol. The maximum absolute atomic E-state index is 2.44. The molecule has 0 amide bonds. The molecule has 3 heteroatoms. The first-order valence-corrected chi connectivity index (χ1v) is 4.70. The van der Waals surface area contributed by atoms with Crippen molar-refractivity contribution in [1.82, 2.24) is 14.9 Å². The molecule has 0 saturated carbocycles. The average Bonchev–Trinajstić information content (AvgIpc) is 2.45. The second-order valence-electron chi connectivity index (χ2n) is 4.56. The molecule has 0 aromatic rings. The zero-order valence-corrected chi connectivity index (χ0v) is 8.57. The van der Waals surface area contributed by atoms with Crippen molar-refractivity contribution in [2.45, 2.75) is 26.3 Å². The predicted octanol–water partition coefficient (Wildman–Crippen LogP) is 1.58. The summed E-state index contributed by atoms with van der Waals surface area (Å²) < 4.78 is 0. The predicted molar refractivity (Wildman–Crippen MR) is 53.3 cm³/mol. The maximum Gasteiger partial charge on any atom is 0.0928 e. The van der Waals surface area contributed by atoms with Gasteiger partial charge in [0.1, 0.15) is 0 Å². The van der Waals surface area contributed by atoms with E-state index in [9.17, 15) is 0 Å². The number of nitrogens with zero attached hydrogens (tertiary/aromatic N) is 3. The first-order valence-electron chi connectivity index (χ1n) is 4.70. The molecule has 2 rings (SSSR count). The van der Waals surface area contributed by atoms with E-state index in [0.29, 0.717) is 0 Å². The summed E-state index contributed by atoms with van der Waals surface area (Å²) in [5, 5.41) is 4.45. The van der Waals surface area contributed by atoms with Crippen LogP contribution >= 0.6 is 0 Å². The summed E-state index contributed by atoms with van der Waals surface area (Å²) in [6, 6.07) is 0. The van der Waals surface area contributed by atoms with Crippen molar-refractivity contribution < 1.29 is 0 Å². The van der Waals surface area contributed by atoms with E-state index in [1.54, 1.807) is 0 Å². The van der Waals surface area contributed by atoms with Gasteiger partial charge in [-0.25, -0.2) is 0 Å². The second-order valence-corrected chi connectivity index (χ2v) is 4.56. The molecule has 0 spiro atoms. The number of hydrogen-bond donors (Lipinski definition) is 0. The van der Waals surface area contributed by atoms with Gasteiger partial charge in [0.05, 0.1) is 13.3 Å². The zero-order valence-electron chi connectivity index (χ0n) is 8.57. The van der Waals surface area contributed by atoms with E-state index in [1.807, 2.05) is 0 Å². The summed E-state index contributed by atoms with van der Waals surface area (Å²) in [7, 11) is 0. The summed E-state index contributed by atoms with van der Waals surface area (Å²) >= 11 is 0. The highest BCUT2D eigenvalue weighted by Gasteiger charge is 2.31. The lowest BCUT2D eigenvalue weighted by Crippen LogP contribution is -2.40. The normalized spacial score (nSPS) is 22.7. The van der Waals surface area contributed by atoms with Gasteiger partial charge in [-0.05, 0) is 32.9 Å². The fourth-order valence-electron chi connectivity index (χ4n) is 1.54. The van der Waals surface area contributed by atoms with Gasteiger partial charge in [0.15, 0.2) is 0 Å². The Morgan fingerprint density at radius 1 is 0.923 bits per heavy atom. The molecule has 0 bridgehead atoms. The Morgan fingerprint density at radius 2 is 1.38 bits per heavy atom. The van der Waals surface area contributed by atoms with Gasteiger partial charge in [0.2, 0.25) is 0 Å². The lowest BCUT2D eigenvalue weighted by molar-refractivity contribution is 0.141. The summed E-state index contributed by atoms with van der Waals surface area (Å²) in [5.41, 5.74) is 0.249. The fourth-order valence-corrected chi connectivity index (χ4v) is 1.54. The molecule has 0 aliphatic carbocycles. The van der Waals surface area contributed by atoms with E-state index in [0.717, 1.165) is 13.3 Å². The Labute approximate surface area is 79.9 Å². The highest BCUT2D eigenvalue weighted by Crippen LogP contribution is 2.23. The van der Waals surface area contributed by atoms with Crippen LogP contribution in [0.25, 0.3) is 0 Å². The molecule has 0 N–H and O–H groups in total. The SMILES string of the molecule is CC(C)(C)N1CN2C=CC=CN2C1. The number of hydrazine groups is 1. The standard InChI is InChI=1S/C10H17N3/c1-10(2,3)11-8-12-6-4-5-7-13(12)9-11/h4-7H,8-9H2,1-3H3. The molecule has 72 valence electrons. The van der Waals surface area contributed by atoms with Gasteiger partial charge in [-0.15, -0.1) is 0 Å². The highest BCUT2D eigenvalue weighted by molar-refractivity contribution is 5.07. The van der Waals surface area contributed by atoms with E-state index in [-0.39, 0.29) is 5.54 Å². The lowest BCUT2D eigenvalue weighted by atomic mass is 10.1. The topological polar surface area (TPSA) is 9.72 Å². The number of fused-ring (bicyclic) bond motifs is 1. The number of hydrogen-bond acceptors (Lipinski definition) is 3. The quantitative estimate of drug-likeness (QED) is 0.559. The van der Waals surface area contributed by atoms with Crippen molar-refractivity contribution in [3.63, 3.8) is 0 Å². The van der Waals surface area contributed by atoms with Gasteiger partial charge in [-0.2, -0.15) is 0 Å². The van der Waals surface area contributed by atoms with Gasteiger partial charge in [0, 0.05) is 17.9 Å². The Kier molecular flexibility index (Phi) is 1.84. The van der Waals surface area contributed by atoms with E-state index >= 15 is 0 Å². The van der Waals surface area contributed by atoms with Crippen molar-refractivity contribution in [3.8, 4) is 0 Å². The lowest BCUT2D eigenvalue weighted by Gasteiger charge is -2.29. The van der Waals surface area contributed by atoms with Crippen molar-refractivity contribution in [2.24, 2.45) is 0 Å². The molecule has 2 aliphatic heterocycles. The van der Waals surface area contributed by atoms with Crippen molar-refractivity contribution in [2.75, 3.05) is 13.3 Å². The smallest absolute Gasteiger partial charge is 0.0928 e. The van der Waals surface area contributed by atoms with Crippen LogP contribution in [0.2, 0.25) is 0 Å². The van der Waals surface area contributed by atoms with Crippen LogP contribution in [0, 0.1) is 0 Å². The third kappa shape index (κ3) is 1.56. The number of allylic oxidation sites excluding steroid dienone is 2. The van der Waals surface area contributed by atoms with E-state index in [1.165, 1.54) is 0 Å². The molecule has 2 aliphatic rings. The molecule has 0 atom stereocenters. The van der Waals surface area contributed by atoms with Crippen molar-refractivity contribution in [1.29, 1.82) is 0 Å². The summed E-state index contributed by atoms with van der Waals surface area (Å²) in [5.74, 6) is 0. The highest BCUT2D eigenvalue weighted by atomic mass is 15.7. The zero-order chi connectivity index (χ0) is 9.47. The van der Waals surface area contributed by atoms with E-state index in [2.05, 4.69) is 60.2 Å². The fraction of sp³-hybridized carbons (Fsp3) is 0.600. The van der Waals surface area contributed by atoms with Gasteiger partial charge in [-0.3, -0.25) is 14.9 Å². The van der Waals surface area contributed by atoms with E-state index < -0.39 is 0 Å². The summed E-state index contributed by atoms with van der Waals surface area (Å²) in [6.07, 6.45) is 8.38. The van der Waals surface area contributed by atoms with Crippen LogP contribution in [0.3, 0.4) is 0 Å². The molecule has 1 saturated heterocycles. The molecule has 0 radical (unpaired) electrons. The third-order valence-electron chi connectivity index (χ3n) is 2.54. The van der Waals surface area contributed by atoms with Crippen LogP contribution in [-0.4, -0.2) is 33.8 Å². The first-order chi connectivity index (χ1) is 6.07. The molecule has 13 heavy (non-hydrogen) atoms. The average molecular weight is 179 g/mol. The Morgan fingerprint density at radius 3 is 1.77 bits per heavy atom. The maximum atomic E-state index is 2.44. The van der Waals surface area contributed by atoms with Gasteiger partial charge in [0.25, 0.3) is 0 Å². The molecule has 0 aromatic heterocycles. The third-order valence-corrected chi connectivity index (χ3v) is 2.54. The molecular weight excluding hydrogens is 162 g/mol. The van der Waals surface area contributed by atoms with Gasteiger partial charge < -0.3 is 0 Å². The van der Waals surface area contributed by atoms with Gasteiger partial charge in [-0.1, -0.05) is 0 Å². The molecule has 0 aromatic carbocycles. The Balaban J connectivity index is 2.09.